The Hall–Kier alpha value is -1.38. The zero-order chi connectivity index (χ0) is 11.1. The van der Waals surface area contributed by atoms with Crippen molar-refractivity contribution in [3.05, 3.63) is 35.1 Å². The molecule has 1 N–H and O–H groups in total. The van der Waals surface area contributed by atoms with Gasteiger partial charge in [0, 0.05) is 11.1 Å². The molecule has 2 aliphatic rings. The lowest BCUT2D eigenvalue weighted by Gasteiger charge is -2.19. The minimum Gasteiger partial charge on any atom is -0.345 e. The van der Waals surface area contributed by atoms with Crippen LogP contribution in [0.5, 0.6) is 0 Å². The summed E-state index contributed by atoms with van der Waals surface area (Å²) in [5, 5.41) is 2.92. The summed E-state index contributed by atoms with van der Waals surface area (Å²) >= 11 is 0. The molecule has 1 aliphatic carbocycles. The molecule has 1 saturated carbocycles. The summed E-state index contributed by atoms with van der Waals surface area (Å²) in [6, 6.07) is 4.67. The predicted octanol–water partition coefficient (Wildman–Crippen LogP) is 2.80. The second-order valence-corrected chi connectivity index (χ2v) is 4.70. The second-order valence-electron chi connectivity index (χ2n) is 4.70. The first-order valence-corrected chi connectivity index (χ1v) is 5.86. The highest BCUT2D eigenvalue weighted by atomic mass is 19.1. The fourth-order valence-corrected chi connectivity index (χ4v) is 2.99. The largest absolute Gasteiger partial charge is 0.345 e. The van der Waals surface area contributed by atoms with Gasteiger partial charge in [0.15, 0.2) is 0 Å². The number of rotatable bonds is 1. The lowest BCUT2D eigenvalue weighted by molar-refractivity contribution is 0.0946. The van der Waals surface area contributed by atoms with Crippen molar-refractivity contribution >= 4 is 5.91 Å². The van der Waals surface area contributed by atoms with E-state index < -0.39 is 0 Å². The Bertz CT molecular complexity index is 438. The molecule has 84 valence electrons. The maximum Gasteiger partial charge on any atom is 0.252 e. The van der Waals surface area contributed by atoms with Crippen LogP contribution >= 0.6 is 0 Å². The Labute approximate surface area is 93.9 Å². The van der Waals surface area contributed by atoms with E-state index >= 15 is 0 Å². The number of amides is 1. The van der Waals surface area contributed by atoms with E-state index in [2.05, 4.69) is 5.32 Å². The van der Waals surface area contributed by atoms with Crippen molar-refractivity contribution in [1.29, 1.82) is 0 Å². The second kappa shape index (κ2) is 3.58. The maximum absolute atomic E-state index is 13.8. The van der Waals surface area contributed by atoms with Gasteiger partial charge in [-0.05, 0) is 30.9 Å². The van der Waals surface area contributed by atoms with Gasteiger partial charge >= 0.3 is 0 Å². The van der Waals surface area contributed by atoms with Crippen molar-refractivity contribution in [2.75, 3.05) is 0 Å². The van der Waals surface area contributed by atoms with Gasteiger partial charge in [-0.1, -0.05) is 18.9 Å². The van der Waals surface area contributed by atoms with Gasteiger partial charge < -0.3 is 5.32 Å². The smallest absolute Gasteiger partial charge is 0.252 e. The van der Waals surface area contributed by atoms with Crippen molar-refractivity contribution < 1.29 is 9.18 Å². The lowest BCUT2D eigenvalue weighted by Crippen LogP contribution is -2.24. The van der Waals surface area contributed by atoms with E-state index in [1.165, 1.54) is 18.9 Å². The van der Waals surface area contributed by atoms with E-state index in [9.17, 15) is 9.18 Å². The van der Waals surface area contributed by atoms with E-state index in [0.29, 0.717) is 17.0 Å². The molecule has 1 aromatic carbocycles. The number of hydrogen-bond acceptors (Lipinski definition) is 1. The Balaban J connectivity index is 2.03. The molecule has 0 bridgehead atoms. The number of carbonyl (C=O) groups excluding carboxylic acids is 1. The van der Waals surface area contributed by atoms with Gasteiger partial charge in [-0.2, -0.15) is 0 Å². The molecule has 0 aromatic heterocycles. The SMILES string of the molecule is O=C1NC(C2CCCC2)c2c(F)cccc21. The quantitative estimate of drug-likeness (QED) is 0.773. The Morgan fingerprint density at radius 3 is 2.75 bits per heavy atom. The molecule has 1 aliphatic heterocycles. The molecule has 1 unspecified atom stereocenters. The fourth-order valence-electron chi connectivity index (χ4n) is 2.99. The van der Waals surface area contributed by atoms with E-state index in [-0.39, 0.29) is 17.8 Å². The number of carbonyl (C=O) groups is 1. The monoisotopic (exact) mass is 219 g/mol. The molecule has 1 fully saturated rings. The third-order valence-corrected chi connectivity index (χ3v) is 3.77. The first-order chi connectivity index (χ1) is 7.77. The fraction of sp³-hybridized carbons (Fsp3) is 0.462. The Morgan fingerprint density at radius 1 is 1.25 bits per heavy atom. The number of fused-ring (bicyclic) bond motifs is 1. The third kappa shape index (κ3) is 1.34. The summed E-state index contributed by atoms with van der Waals surface area (Å²) in [5.74, 6) is 0.0567. The van der Waals surface area contributed by atoms with Crippen LogP contribution < -0.4 is 5.32 Å². The van der Waals surface area contributed by atoms with Crippen LogP contribution in [0.25, 0.3) is 0 Å². The van der Waals surface area contributed by atoms with Crippen molar-refractivity contribution in [2.24, 2.45) is 5.92 Å². The van der Waals surface area contributed by atoms with Crippen LogP contribution in [0.15, 0.2) is 18.2 Å². The molecule has 3 rings (SSSR count). The summed E-state index contributed by atoms with van der Waals surface area (Å²) in [6.07, 6.45) is 4.58. The van der Waals surface area contributed by atoms with Crippen molar-refractivity contribution in [3.8, 4) is 0 Å². The molecule has 3 heteroatoms. The maximum atomic E-state index is 13.8. The standard InChI is InChI=1S/C13H14FNO/c14-10-7-3-6-9-11(10)12(15-13(9)16)8-4-1-2-5-8/h3,6-8,12H,1-2,4-5H2,(H,15,16). The molecule has 0 radical (unpaired) electrons. The van der Waals surface area contributed by atoms with Crippen molar-refractivity contribution in [2.45, 2.75) is 31.7 Å². The highest BCUT2D eigenvalue weighted by Crippen LogP contribution is 2.40. The third-order valence-electron chi connectivity index (χ3n) is 3.77. The van der Waals surface area contributed by atoms with Crippen molar-refractivity contribution in [3.63, 3.8) is 0 Å². The highest BCUT2D eigenvalue weighted by Gasteiger charge is 2.37. The first-order valence-electron chi connectivity index (χ1n) is 5.86. The van der Waals surface area contributed by atoms with Crippen LogP contribution in [-0.4, -0.2) is 5.91 Å². The normalized spacial score (nSPS) is 24.6. The van der Waals surface area contributed by atoms with Gasteiger partial charge in [0.25, 0.3) is 5.91 Å². The van der Waals surface area contributed by atoms with E-state index in [4.69, 9.17) is 0 Å². The minimum atomic E-state index is -0.243. The number of halogens is 1. The van der Waals surface area contributed by atoms with E-state index in [0.717, 1.165) is 12.8 Å². The molecular formula is C13H14FNO. The molecular weight excluding hydrogens is 205 g/mol. The molecule has 16 heavy (non-hydrogen) atoms. The van der Waals surface area contributed by atoms with Gasteiger partial charge in [-0.25, -0.2) is 4.39 Å². The zero-order valence-electron chi connectivity index (χ0n) is 9.00. The van der Waals surface area contributed by atoms with Gasteiger partial charge in [0.1, 0.15) is 5.82 Å². The van der Waals surface area contributed by atoms with Gasteiger partial charge in [-0.3, -0.25) is 4.79 Å². The van der Waals surface area contributed by atoms with Crippen molar-refractivity contribution in [1.82, 2.24) is 5.32 Å². The molecule has 1 heterocycles. The highest BCUT2D eigenvalue weighted by molar-refractivity contribution is 5.99. The summed E-state index contributed by atoms with van der Waals surface area (Å²) < 4.78 is 13.8. The summed E-state index contributed by atoms with van der Waals surface area (Å²) in [6.45, 7) is 0. The topological polar surface area (TPSA) is 29.1 Å². The van der Waals surface area contributed by atoms with Crippen LogP contribution in [0, 0.1) is 11.7 Å². The summed E-state index contributed by atoms with van der Waals surface area (Å²) in [7, 11) is 0. The Kier molecular flexibility index (Phi) is 2.20. The van der Waals surface area contributed by atoms with Crippen LogP contribution in [0.3, 0.4) is 0 Å². The van der Waals surface area contributed by atoms with Crippen LogP contribution in [0.4, 0.5) is 4.39 Å². The van der Waals surface area contributed by atoms with Crippen LogP contribution in [0.1, 0.15) is 47.6 Å². The van der Waals surface area contributed by atoms with Gasteiger partial charge in [-0.15, -0.1) is 0 Å². The average Bonchev–Trinajstić information content (AvgIpc) is 2.87. The molecule has 2 nitrogen and oxygen atoms in total. The van der Waals surface area contributed by atoms with Crippen LogP contribution in [-0.2, 0) is 0 Å². The number of nitrogens with one attached hydrogen (secondary N) is 1. The molecule has 1 amide bonds. The number of benzene rings is 1. The van der Waals surface area contributed by atoms with E-state index in [1.807, 2.05) is 0 Å². The average molecular weight is 219 g/mol. The number of hydrogen-bond donors (Lipinski definition) is 1. The predicted molar refractivity (Wildman–Crippen MR) is 58.6 cm³/mol. The lowest BCUT2D eigenvalue weighted by atomic mass is 9.92. The Morgan fingerprint density at radius 2 is 2.00 bits per heavy atom. The molecule has 1 atom stereocenters. The molecule has 1 aromatic rings. The summed E-state index contributed by atoms with van der Waals surface area (Å²) in [4.78, 5) is 11.7. The summed E-state index contributed by atoms with van der Waals surface area (Å²) in [5.41, 5.74) is 1.12. The van der Waals surface area contributed by atoms with Gasteiger partial charge in [0.05, 0.1) is 6.04 Å². The van der Waals surface area contributed by atoms with Crippen LogP contribution in [0.2, 0.25) is 0 Å². The molecule has 0 saturated heterocycles. The zero-order valence-corrected chi connectivity index (χ0v) is 9.00. The molecule has 0 spiro atoms. The van der Waals surface area contributed by atoms with Gasteiger partial charge in [0.2, 0.25) is 0 Å². The van der Waals surface area contributed by atoms with E-state index in [1.54, 1.807) is 12.1 Å². The minimum absolute atomic E-state index is 0.0915. The first kappa shape index (κ1) is 9.82.